The number of anilines is 1. The van der Waals surface area contributed by atoms with Gasteiger partial charge < -0.3 is 10.6 Å². The SMILES string of the molecule is CC(C)c1ccc(NCCC2CCNCC2)nn1. The number of hydrogen-bond donors (Lipinski definition) is 2. The van der Waals surface area contributed by atoms with Crippen molar-refractivity contribution in [3.8, 4) is 0 Å². The number of nitrogens with zero attached hydrogens (tertiary/aromatic N) is 2. The summed E-state index contributed by atoms with van der Waals surface area (Å²) in [7, 11) is 0. The van der Waals surface area contributed by atoms with Crippen LogP contribution in [0.15, 0.2) is 12.1 Å². The van der Waals surface area contributed by atoms with Gasteiger partial charge in [0.15, 0.2) is 0 Å². The number of rotatable bonds is 5. The van der Waals surface area contributed by atoms with E-state index in [-0.39, 0.29) is 0 Å². The molecule has 0 radical (unpaired) electrons. The molecule has 0 saturated carbocycles. The molecule has 0 bridgehead atoms. The standard InChI is InChI=1S/C14H24N4/c1-11(2)13-3-4-14(18-17-13)16-10-7-12-5-8-15-9-6-12/h3-4,11-12,15H,5-10H2,1-2H3,(H,16,18). The normalized spacial score (nSPS) is 17.1. The van der Waals surface area contributed by atoms with E-state index in [4.69, 9.17) is 0 Å². The van der Waals surface area contributed by atoms with Gasteiger partial charge in [0.25, 0.3) is 0 Å². The first kappa shape index (κ1) is 13.3. The maximum Gasteiger partial charge on any atom is 0.148 e. The van der Waals surface area contributed by atoms with E-state index in [2.05, 4.69) is 40.7 Å². The van der Waals surface area contributed by atoms with E-state index in [0.717, 1.165) is 24.0 Å². The second kappa shape index (κ2) is 6.69. The highest BCUT2D eigenvalue weighted by Gasteiger charge is 2.12. The van der Waals surface area contributed by atoms with Gasteiger partial charge in [-0.15, -0.1) is 5.10 Å². The largest absolute Gasteiger partial charge is 0.369 e. The average molecular weight is 248 g/mol. The first-order chi connectivity index (χ1) is 8.75. The summed E-state index contributed by atoms with van der Waals surface area (Å²) in [6.45, 7) is 7.62. The number of hydrogen-bond acceptors (Lipinski definition) is 4. The summed E-state index contributed by atoms with van der Waals surface area (Å²) in [5.74, 6) is 2.20. The number of nitrogens with one attached hydrogen (secondary N) is 2. The lowest BCUT2D eigenvalue weighted by atomic mass is 9.95. The summed E-state index contributed by atoms with van der Waals surface area (Å²) in [6, 6.07) is 4.09. The zero-order chi connectivity index (χ0) is 12.8. The molecule has 0 unspecified atom stereocenters. The lowest BCUT2D eigenvalue weighted by molar-refractivity contribution is 0.361. The molecule has 1 aromatic rings. The van der Waals surface area contributed by atoms with Crippen molar-refractivity contribution in [3.63, 3.8) is 0 Å². The molecule has 1 aliphatic heterocycles. The third-order valence-corrected chi connectivity index (χ3v) is 3.59. The van der Waals surface area contributed by atoms with Gasteiger partial charge in [0, 0.05) is 6.54 Å². The number of piperidine rings is 1. The van der Waals surface area contributed by atoms with E-state index >= 15 is 0 Å². The third kappa shape index (κ3) is 3.95. The van der Waals surface area contributed by atoms with Crippen LogP contribution < -0.4 is 10.6 Å². The van der Waals surface area contributed by atoms with E-state index in [0.29, 0.717) is 5.92 Å². The Morgan fingerprint density at radius 1 is 1.28 bits per heavy atom. The van der Waals surface area contributed by atoms with Crippen LogP contribution in [-0.2, 0) is 0 Å². The molecule has 0 spiro atoms. The molecule has 2 rings (SSSR count). The average Bonchev–Trinajstić information content (AvgIpc) is 2.40. The molecule has 0 aromatic carbocycles. The lowest BCUT2D eigenvalue weighted by Crippen LogP contribution is -2.28. The first-order valence-corrected chi connectivity index (χ1v) is 7.04. The highest BCUT2D eigenvalue weighted by Crippen LogP contribution is 2.16. The molecule has 0 aliphatic carbocycles. The predicted octanol–water partition coefficient (Wildman–Crippen LogP) is 2.40. The third-order valence-electron chi connectivity index (χ3n) is 3.59. The summed E-state index contributed by atoms with van der Waals surface area (Å²) in [6.07, 6.45) is 3.84. The molecule has 0 atom stereocenters. The van der Waals surface area contributed by atoms with Crippen molar-refractivity contribution in [1.29, 1.82) is 0 Å². The van der Waals surface area contributed by atoms with Crippen LogP contribution in [0.3, 0.4) is 0 Å². The van der Waals surface area contributed by atoms with Gasteiger partial charge in [-0.2, -0.15) is 5.10 Å². The molecule has 1 aliphatic rings. The van der Waals surface area contributed by atoms with Crippen LogP contribution in [0.5, 0.6) is 0 Å². The van der Waals surface area contributed by atoms with Gasteiger partial charge in [-0.05, 0) is 56.3 Å². The summed E-state index contributed by atoms with van der Waals surface area (Å²) in [5.41, 5.74) is 1.05. The molecular weight excluding hydrogens is 224 g/mol. The Bertz CT molecular complexity index is 341. The van der Waals surface area contributed by atoms with Crippen molar-refractivity contribution < 1.29 is 0 Å². The molecule has 1 saturated heterocycles. The van der Waals surface area contributed by atoms with Crippen molar-refractivity contribution in [1.82, 2.24) is 15.5 Å². The van der Waals surface area contributed by atoms with E-state index in [9.17, 15) is 0 Å². The Balaban J connectivity index is 1.72. The van der Waals surface area contributed by atoms with Gasteiger partial charge in [-0.25, -0.2) is 0 Å². The van der Waals surface area contributed by atoms with Crippen molar-refractivity contribution in [2.45, 2.75) is 39.0 Å². The maximum absolute atomic E-state index is 4.22. The van der Waals surface area contributed by atoms with Gasteiger partial charge in [-0.1, -0.05) is 13.8 Å². The van der Waals surface area contributed by atoms with Crippen LogP contribution in [0, 0.1) is 5.92 Å². The summed E-state index contributed by atoms with van der Waals surface area (Å²) < 4.78 is 0. The van der Waals surface area contributed by atoms with Gasteiger partial charge in [0.2, 0.25) is 0 Å². The topological polar surface area (TPSA) is 49.8 Å². The van der Waals surface area contributed by atoms with Crippen LogP contribution in [0.25, 0.3) is 0 Å². The molecular formula is C14H24N4. The monoisotopic (exact) mass is 248 g/mol. The molecule has 18 heavy (non-hydrogen) atoms. The Hall–Kier alpha value is -1.16. The molecule has 2 heterocycles. The van der Waals surface area contributed by atoms with Crippen molar-refractivity contribution >= 4 is 5.82 Å². The fourth-order valence-electron chi connectivity index (χ4n) is 2.32. The van der Waals surface area contributed by atoms with Crippen LogP contribution in [0.1, 0.15) is 44.7 Å². The maximum atomic E-state index is 4.22. The second-order valence-electron chi connectivity index (χ2n) is 5.41. The van der Waals surface area contributed by atoms with E-state index in [1.54, 1.807) is 0 Å². The van der Waals surface area contributed by atoms with Gasteiger partial charge >= 0.3 is 0 Å². The smallest absolute Gasteiger partial charge is 0.148 e. The second-order valence-corrected chi connectivity index (χ2v) is 5.41. The molecule has 2 N–H and O–H groups in total. The predicted molar refractivity (Wildman–Crippen MR) is 74.8 cm³/mol. The van der Waals surface area contributed by atoms with Crippen LogP contribution >= 0.6 is 0 Å². The highest BCUT2D eigenvalue weighted by molar-refractivity contribution is 5.33. The fraction of sp³-hybridized carbons (Fsp3) is 0.714. The van der Waals surface area contributed by atoms with Gasteiger partial charge in [0.05, 0.1) is 5.69 Å². The van der Waals surface area contributed by atoms with E-state index < -0.39 is 0 Å². The first-order valence-electron chi connectivity index (χ1n) is 7.04. The minimum absolute atomic E-state index is 0.446. The molecule has 4 heteroatoms. The Morgan fingerprint density at radius 2 is 2.06 bits per heavy atom. The Kier molecular flexibility index (Phi) is 4.93. The van der Waals surface area contributed by atoms with Crippen molar-refractivity contribution in [3.05, 3.63) is 17.8 Å². The van der Waals surface area contributed by atoms with E-state index in [1.807, 2.05) is 6.07 Å². The molecule has 100 valence electrons. The fourth-order valence-corrected chi connectivity index (χ4v) is 2.32. The Morgan fingerprint density at radius 3 is 2.67 bits per heavy atom. The number of aromatic nitrogens is 2. The van der Waals surface area contributed by atoms with Crippen LogP contribution in [0.2, 0.25) is 0 Å². The highest BCUT2D eigenvalue weighted by atomic mass is 15.2. The minimum Gasteiger partial charge on any atom is -0.369 e. The minimum atomic E-state index is 0.446. The molecule has 4 nitrogen and oxygen atoms in total. The van der Waals surface area contributed by atoms with Crippen LogP contribution in [-0.4, -0.2) is 29.8 Å². The van der Waals surface area contributed by atoms with Crippen molar-refractivity contribution in [2.75, 3.05) is 25.0 Å². The lowest BCUT2D eigenvalue weighted by Gasteiger charge is -2.22. The molecule has 0 amide bonds. The summed E-state index contributed by atoms with van der Waals surface area (Å²) in [4.78, 5) is 0. The summed E-state index contributed by atoms with van der Waals surface area (Å²) >= 11 is 0. The van der Waals surface area contributed by atoms with Gasteiger partial charge in [0.1, 0.15) is 5.82 Å². The van der Waals surface area contributed by atoms with E-state index in [1.165, 1.54) is 32.4 Å². The molecule has 1 fully saturated rings. The molecule has 1 aromatic heterocycles. The zero-order valence-electron chi connectivity index (χ0n) is 11.4. The van der Waals surface area contributed by atoms with Gasteiger partial charge in [-0.3, -0.25) is 0 Å². The summed E-state index contributed by atoms with van der Waals surface area (Å²) in [5, 5.41) is 15.2. The quantitative estimate of drug-likeness (QED) is 0.840. The zero-order valence-corrected chi connectivity index (χ0v) is 11.4. The van der Waals surface area contributed by atoms with Crippen LogP contribution in [0.4, 0.5) is 5.82 Å². The Labute approximate surface area is 110 Å². The van der Waals surface area contributed by atoms with Crippen molar-refractivity contribution in [2.24, 2.45) is 5.92 Å².